The van der Waals surface area contributed by atoms with Crippen molar-refractivity contribution in [2.24, 2.45) is 0 Å². The van der Waals surface area contributed by atoms with E-state index < -0.39 is 11.9 Å². The van der Waals surface area contributed by atoms with Crippen molar-refractivity contribution in [1.82, 2.24) is 0 Å². The zero-order chi connectivity index (χ0) is 13.8. The van der Waals surface area contributed by atoms with Crippen LogP contribution in [0.5, 0.6) is 0 Å². The molecule has 0 spiro atoms. The second kappa shape index (κ2) is 6.13. The first-order valence-electron chi connectivity index (χ1n) is 5.91. The third-order valence-electron chi connectivity index (χ3n) is 2.86. The molecule has 2 aromatic carbocycles. The third kappa shape index (κ3) is 4.01. The average Bonchev–Trinajstić information content (AvgIpc) is 2.36. The minimum atomic E-state index is -0.721. The first kappa shape index (κ1) is 14.0. The molecule has 0 aromatic heterocycles. The molecular formula is C15H13ClF2O. The van der Waals surface area contributed by atoms with E-state index in [0.717, 1.165) is 5.56 Å². The molecule has 0 aliphatic heterocycles. The van der Waals surface area contributed by atoms with Crippen molar-refractivity contribution >= 4 is 11.6 Å². The summed E-state index contributed by atoms with van der Waals surface area (Å²) in [6.07, 6.45) is -0.177. The van der Waals surface area contributed by atoms with Gasteiger partial charge in [-0.25, -0.2) is 8.78 Å². The predicted octanol–water partition coefficient (Wildman–Crippen LogP) is 3.76. The molecule has 1 nitrogen and oxygen atoms in total. The maximum Gasteiger partial charge on any atom is 0.127 e. The largest absolute Gasteiger partial charge is 0.392 e. The summed E-state index contributed by atoms with van der Waals surface area (Å²) in [5.74, 6) is -0.743. The van der Waals surface area contributed by atoms with Gasteiger partial charge in [0.1, 0.15) is 11.6 Å². The Hall–Kier alpha value is -1.45. The molecule has 0 saturated carbocycles. The number of hydrogen-bond donors (Lipinski definition) is 1. The number of benzene rings is 2. The molecule has 0 bridgehead atoms. The van der Waals surface area contributed by atoms with Gasteiger partial charge in [-0.3, -0.25) is 0 Å². The Balaban J connectivity index is 2.01. The van der Waals surface area contributed by atoms with E-state index in [1.807, 2.05) is 0 Å². The van der Waals surface area contributed by atoms with Crippen LogP contribution in [0.15, 0.2) is 42.5 Å². The Morgan fingerprint density at radius 2 is 1.68 bits per heavy atom. The molecule has 0 fully saturated rings. The second-order valence-corrected chi connectivity index (χ2v) is 4.86. The van der Waals surface area contributed by atoms with Gasteiger partial charge in [-0.05, 0) is 41.8 Å². The normalized spacial score (nSPS) is 12.4. The van der Waals surface area contributed by atoms with Crippen LogP contribution in [-0.2, 0) is 12.8 Å². The van der Waals surface area contributed by atoms with E-state index >= 15 is 0 Å². The number of rotatable bonds is 4. The minimum Gasteiger partial charge on any atom is -0.392 e. The predicted molar refractivity (Wildman–Crippen MR) is 71.2 cm³/mol. The standard InChI is InChI=1S/C15H13ClF2O/c16-12-4-3-11(15(18)9-12)8-14(19)7-10-1-5-13(17)6-2-10/h1-6,9,14,19H,7-8H2. The van der Waals surface area contributed by atoms with Crippen molar-refractivity contribution < 1.29 is 13.9 Å². The zero-order valence-electron chi connectivity index (χ0n) is 10.1. The molecule has 1 atom stereocenters. The Bertz CT molecular complexity index is 555. The summed E-state index contributed by atoms with van der Waals surface area (Å²) >= 11 is 5.66. The van der Waals surface area contributed by atoms with E-state index in [9.17, 15) is 13.9 Å². The molecule has 0 radical (unpaired) electrons. The molecule has 4 heteroatoms. The molecular weight excluding hydrogens is 270 g/mol. The topological polar surface area (TPSA) is 20.2 Å². The fraction of sp³-hybridized carbons (Fsp3) is 0.200. The van der Waals surface area contributed by atoms with E-state index in [4.69, 9.17) is 11.6 Å². The first-order valence-corrected chi connectivity index (χ1v) is 6.29. The van der Waals surface area contributed by atoms with Crippen molar-refractivity contribution in [3.05, 3.63) is 70.2 Å². The smallest absolute Gasteiger partial charge is 0.127 e. The summed E-state index contributed by atoms with van der Waals surface area (Å²) in [5, 5.41) is 10.3. The molecule has 2 aromatic rings. The van der Waals surface area contributed by atoms with Gasteiger partial charge in [0.25, 0.3) is 0 Å². The molecule has 0 saturated heterocycles. The molecule has 2 rings (SSSR count). The maximum absolute atomic E-state index is 13.6. The van der Waals surface area contributed by atoms with Crippen molar-refractivity contribution in [2.75, 3.05) is 0 Å². The van der Waals surface area contributed by atoms with Crippen LogP contribution in [0.2, 0.25) is 5.02 Å². The summed E-state index contributed by atoms with van der Waals surface area (Å²) in [6, 6.07) is 10.3. The van der Waals surface area contributed by atoms with Gasteiger partial charge in [0.2, 0.25) is 0 Å². The Morgan fingerprint density at radius 1 is 1.00 bits per heavy atom. The number of aliphatic hydroxyl groups excluding tert-OH is 1. The number of aliphatic hydroxyl groups is 1. The van der Waals surface area contributed by atoms with E-state index in [1.165, 1.54) is 18.2 Å². The van der Waals surface area contributed by atoms with Crippen LogP contribution in [0.3, 0.4) is 0 Å². The molecule has 100 valence electrons. The van der Waals surface area contributed by atoms with Gasteiger partial charge in [-0.1, -0.05) is 29.8 Å². The fourth-order valence-electron chi connectivity index (χ4n) is 1.91. The molecule has 0 aliphatic rings. The van der Waals surface area contributed by atoms with Crippen LogP contribution in [0.25, 0.3) is 0 Å². The Labute approximate surface area is 115 Å². The van der Waals surface area contributed by atoms with Crippen LogP contribution < -0.4 is 0 Å². The highest BCUT2D eigenvalue weighted by atomic mass is 35.5. The van der Waals surface area contributed by atoms with Crippen LogP contribution in [0.1, 0.15) is 11.1 Å². The van der Waals surface area contributed by atoms with Gasteiger partial charge in [0, 0.05) is 11.4 Å². The highest BCUT2D eigenvalue weighted by Gasteiger charge is 2.11. The third-order valence-corrected chi connectivity index (χ3v) is 3.09. The Kier molecular flexibility index (Phi) is 4.51. The van der Waals surface area contributed by atoms with E-state index in [1.54, 1.807) is 24.3 Å². The van der Waals surface area contributed by atoms with Gasteiger partial charge >= 0.3 is 0 Å². The van der Waals surface area contributed by atoms with Crippen LogP contribution in [0, 0.1) is 11.6 Å². The van der Waals surface area contributed by atoms with Crippen molar-refractivity contribution in [3.63, 3.8) is 0 Å². The lowest BCUT2D eigenvalue weighted by atomic mass is 10.0. The van der Waals surface area contributed by atoms with Crippen molar-refractivity contribution in [1.29, 1.82) is 0 Å². The van der Waals surface area contributed by atoms with Gasteiger partial charge in [0.15, 0.2) is 0 Å². The van der Waals surface area contributed by atoms with E-state index in [-0.39, 0.29) is 12.2 Å². The lowest BCUT2D eigenvalue weighted by Gasteiger charge is -2.11. The SMILES string of the molecule is OC(Cc1ccc(F)cc1)Cc1ccc(Cl)cc1F. The van der Waals surface area contributed by atoms with Crippen molar-refractivity contribution in [2.45, 2.75) is 18.9 Å². The van der Waals surface area contributed by atoms with Gasteiger partial charge in [0.05, 0.1) is 6.10 Å². The molecule has 1 unspecified atom stereocenters. The molecule has 0 heterocycles. The second-order valence-electron chi connectivity index (χ2n) is 4.42. The summed E-state index contributed by atoms with van der Waals surface area (Å²) in [7, 11) is 0. The summed E-state index contributed by atoms with van der Waals surface area (Å²) in [6.45, 7) is 0. The lowest BCUT2D eigenvalue weighted by Crippen LogP contribution is -2.14. The molecule has 19 heavy (non-hydrogen) atoms. The lowest BCUT2D eigenvalue weighted by molar-refractivity contribution is 0.174. The number of hydrogen-bond acceptors (Lipinski definition) is 1. The average molecular weight is 283 g/mol. The first-order chi connectivity index (χ1) is 9.04. The fourth-order valence-corrected chi connectivity index (χ4v) is 2.06. The molecule has 0 aliphatic carbocycles. The molecule has 1 N–H and O–H groups in total. The number of halogens is 3. The Morgan fingerprint density at radius 3 is 2.32 bits per heavy atom. The summed E-state index contributed by atoms with van der Waals surface area (Å²) in [5.41, 5.74) is 1.22. The minimum absolute atomic E-state index is 0.195. The summed E-state index contributed by atoms with van der Waals surface area (Å²) < 4.78 is 26.3. The zero-order valence-corrected chi connectivity index (χ0v) is 10.9. The van der Waals surface area contributed by atoms with E-state index in [2.05, 4.69) is 0 Å². The monoisotopic (exact) mass is 282 g/mol. The van der Waals surface area contributed by atoms with Crippen LogP contribution >= 0.6 is 11.6 Å². The molecule has 0 amide bonds. The van der Waals surface area contributed by atoms with Gasteiger partial charge in [-0.15, -0.1) is 0 Å². The van der Waals surface area contributed by atoms with Crippen molar-refractivity contribution in [3.8, 4) is 0 Å². The highest BCUT2D eigenvalue weighted by molar-refractivity contribution is 6.30. The van der Waals surface area contributed by atoms with Crippen LogP contribution in [-0.4, -0.2) is 11.2 Å². The van der Waals surface area contributed by atoms with Crippen LogP contribution in [0.4, 0.5) is 8.78 Å². The maximum atomic E-state index is 13.6. The quantitative estimate of drug-likeness (QED) is 0.905. The van der Waals surface area contributed by atoms with Gasteiger partial charge < -0.3 is 5.11 Å². The highest BCUT2D eigenvalue weighted by Crippen LogP contribution is 2.17. The van der Waals surface area contributed by atoms with Gasteiger partial charge in [-0.2, -0.15) is 0 Å². The van der Waals surface area contributed by atoms with E-state index in [0.29, 0.717) is 17.0 Å². The summed E-state index contributed by atoms with van der Waals surface area (Å²) in [4.78, 5) is 0.